The van der Waals surface area contributed by atoms with Gasteiger partial charge in [-0.15, -0.1) is 0 Å². The van der Waals surface area contributed by atoms with E-state index >= 15 is 0 Å². The molecule has 1 aliphatic rings. The van der Waals surface area contributed by atoms with Crippen molar-refractivity contribution in [1.82, 2.24) is 14.5 Å². The molecule has 2 amide bonds. The van der Waals surface area contributed by atoms with Crippen LogP contribution >= 0.6 is 11.8 Å². The van der Waals surface area contributed by atoms with Gasteiger partial charge in [0.05, 0.1) is 16.7 Å². The summed E-state index contributed by atoms with van der Waals surface area (Å²) in [5.41, 5.74) is 3.41. The second kappa shape index (κ2) is 10.9. The highest BCUT2D eigenvalue weighted by atomic mass is 32.2. The summed E-state index contributed by atoms with van der Waals surface area (Å²) in [4.78, 5) is 45.1. The van der Waals surface area contributed by atoms with Crippen LogP contribution in [0.1, 0.15) is 36.8 Å². The van der Waals surface area contributed by atoms with Crippen LogP contribution in [0.2, 0.25) is 0 Å². The molecule has 1 N–H and O–H groups in total. The van der Waals surface area contributed by atoms with E-state index in [0.29, 0.717) is 16.1 Å². The topological polar surface area (TPSA) is 84.3 Å². The van der Waals surface area contributed by atoms with Crippen molar-refractivity contribution < 1.29 is 9.59 Å². The number of carbonyl (C=O) groups excluding carboxylic acids is 2. The van der Waals surface area contributed by atoms with Gasteiger partial charge in [-0.05, 0) is 68.5 Å². The lowest BCUT2D eigenvalue weighted by Gasteiger charge is -2.27. The third-order valence-corrected chi connectivity index (χ3v) is 7.18. The lowest BCUT2D eigenvalue weighted by atomic mass is 10.1. The number of hydrogen-bond donors (Lipinski definition) is 1. The predicted molar refractivity (Wildman–Crippen MR) is 136 cm³/mol. The van der Waals surface area contributed by atoms with Gasteiger partial charge in [0.1, 0.15) is 0 Å². The number of nitrogens with zero attached hydrogens (tertiary/aromatic N) is 3. The number of benzene rings is 2. The monoisotopic (exact) mass is 478 g/mol. The fraction of sp³-hybridized carbons (Fsp3) is 0.385. The normalized spacial score (nSPS) is 13.8. The van der Waals surface area contributed by atoms with Gasteiger partial charge in [0, 0.05) is 31.7 Å². The number of likely N-dealkylation sites (tertiary alicyclic amines) is 1. The maximum Gasteiger partial charge on any atom is 0.262 e. The molecule has 0 spiro atoms. The van der Waals surface area contributed by atoms with Crippen LogP contribution in [0.5, 0.6) is 0 Å². The molecule has 0 bridgehead atoms. The molecule has 0 radical (unpaired) electrons. The minimum absolute atomic E-state index is 0.0585. The van der Waals surface area contributed by atoms with E-state index in [9.17, 15) is 14.4 Å². The number of piperidine rings is 1. The molecule has 2 aromatic carbocycles. The summed E-state index contributed by atoms with van der Waals surface area (Å²) in [5, 5.41) is 3.87. The van der Waals surface area contributed by atoms with Gasteiger partial charge in [-0.3, -0.25) is 19.0 Å². The molecule has 3 aromatic rings. The molecule has 2 heterocycles. The molecule has 0 atom stereocenters. The summed E-state index contributed by atoms with van der Waals surface area (Å²) >= 11 is 1.21. The Labute approximate surface area is 203 Å². The van der Waals surface area contributed by atoms with Crippen LogP contribution in [0, 0.1) is 13.8 Å². The van der Waals surface area contributed by atoms with Crippen molar-refractivity contribution in [2.75, 3.05) is 24.2 Å². The quantitative estimate of drug-likeness (QED) is 0.407. The van der Waals surface area contributed by atoms with Crippen LogP contribution in [0.15, 0.2) is 52.4 Å². The minimum atomic E-state index is -0.186. The third kappa shape index (κ3) is 5.67. The number of aryl methyl sites for hydroxylation is 2. The zero-order chi connectivity index (χ0) is 24.1. The number of thioether (sulfide) groups is 1. The maximum absolute atomic E-state index is 13.2. The molecule has 1 aliphatic heterocycles. The van der Waals surface area contributed by atoms with Crippen LogP contribution in [-0.2, 0) is 16.1 Å². The molecule has 34 heavy (non-hydrogen) atoms. The fourth-order valence-corrected chi connectivity index (χ4v) is 4.94. The first-order chi connectivity index (χ1) is 16.4. The number of para-hydroxylation sites is 1. The van der Waals surface area contributed by atoms with Gasteiger partial charge in [-0.2, -0.15) is 0 Å². The number of nitrogens with one attached hydrogen (secondary N) is 1. The van der Waals surface area contributed by atoms with E-state index in [-0.39, 0.29) is 36.1 Å². The van der Waals surface area contributed by atoms with Gasteiger partial charge < -0.3 is 10.2 Å². The van der Waals surface area contributed by atoms with Crippen molar-refractivity contribution in [2.45, 2.75) is 51.2 Å². The maximum atomic E-state index is 13.2. The summed E-state index contributed by atoms with van der Waals surface area (Å²) in [6.07, 6.45) is 3.45. The average molecular weight is 479 g/mol. The van der Waals surface area contributed by atoms with Crippen molar-refractivity contribution >= 4 is 40.2 Å². The van der Waals surface area contributed by atoms with Crippen LogP contribution in [0.25, 0.3) is 10.9 Å². The molecule has 0 saturated carbocycles. The van der Waals surface area contributed by atoms with Crippen molar-refractivity contribution in [3.05, 3.63) is 63.9 Å². The molecule has 4 rings (SSSR count). The fourth-order valence-electron chi connectivity index (χ4n) is 4.11. The molecule has 7 nitrogen and oxygen atoms in total. The highest BCUT2D eigenvalue weighted by Crippen LogP contribution is 2.20. The zero-order valence-corrected chi connectivity index (χ0v) is 20.5. The van der Waals surface area contributed by atoms with Crippen LogP contribution in [0.3, 0.4) is 0 Å². The Morgan fingerprint density at radius 2 is 1.79 bits per heavy atom. The highest BCUT2D eigenvalue weighted by Gasteiger charge is 2.19. The molecule has 1 saturated heterocycles. The molecule has 1 fully saturated rings. The zero-order valence-electron chi connectivity index (χ0n) is 19.7. The predicted octanol–water partition coefficient (Wildman–Crippen LogP) is 4.15. The second-order valence-electron chi connectivity index (χ2n) is 8.70. The molecular weight excluding hydrogens is 448 g/mol. The molecule has 0 aliphatic carbocycles. The van der Waals surface area contributed by atoms with Crippen LogP contribution < -0.4 is 10.9 Å². The smallest absolute Gasteiger partial charge is 0.262 e. The number of fused-ring (bicyclic) bond motifs is 1. The molecule has 1 aromatic heterocycles. The van der Waals surface area contributed by atoms with Crippen molar-refractivity contribution in [1.29, 1.82) is 0 Å². The second-order valence-corrected chi connectivity index (χ2v) is 9.64. The van der Waals surface area contributed by atoms with E-state index in [1.165, 1.54) is 16.3 Å². The van der Waals surface area contributed by atoms with E-state index < -0.39 is 0 Å². The average Bonchev–Trinajstić information content (AvgIpc) is 2.85. The van der Waals surface area contributed by atoms with Gasteiger partial charge >= 0.3 is 0 Å². The largest absolute Gasteiger partial charge is 0.343 e. The van der Waals surface area contributed by atoms with Crippen LogP contribution in [-0.4, -0.2) is 45.1 Å². The Balaban J connectivity index is 1.50. The van der Waals surface area contributed by atoms with Gasteiger partial charge in [-0.1, -0.05) is 30.0 Å². The van der Waals surface area contributed by atoms with Crippen molar-refractivity contribution in [2.24, 2.45) is 0 Å². The summed E-state index contributed by atoms with van der Waals surface area (Å²) in [5.74, 6) is -0.00702. The molecule has 0 unspecified atom stereocenters. The van der Waals surface area contributed by atoms with E-state index in [1.807, 2.05) is 43.0 Å². The van der Waals surface area contributed by atoms with E-state index in [1.54, 1.807) is 18.2 Å². The number of aromatic nitrogens is 2. The first-order valence-electron chi connectivity index (χ1n) is 11.7. The minimum Gasteiger partial charge on any atom is -0.343 e. The van der Waals surface area contributed by atoms with Gasteiger partial charge in [0.2, 0.25) is 11.8 Å². The number of carbonyl (C=O) groups is 2. The molecular formula is C26H30N4O3S. The first-order valence-corrected chi connectivity index (χ1v) is 12.7. The SMILES string of the molecule is Cc1ccc(NC(=O)CSc2nc3ccccc3c(=O)n2CCC(=O)N2CCCCC2)cc1C. The number of amides is 2. The van der Waals surface area contributed by atoms with E-state index in [2.05, 4.69) is 10.3 Å². The first kappa shape index (κ1) is 24.0. The summed E-state index contributed by atoms with van der Waals surface area (Å²) in [6.45, 7) is 5.83. The standard InChI is InChI=1S/C26H30N4O3S/c1-18-10-11-20(16-19(18)2)27-23(31)17-34-26-28-22-9-5-4-8-21(22)25(33)30(26)15-12-24(32)29-13-6-3-7-14-29/h4-5,8-11,16H,3,6-7,12-15,17H2,1-2H3,(H,27,31). The van der Waals surface area contributed by atoms with E-state index in [4.69, 9.17) is 0 Å². The van der Waals surface area contributed by atoms with Crippen molar-refractivity contribution in [3.8, 4) is 0 Å². The number of rotatable bonds is 7. The van der Waals surface area contributed by atoms with Gasteiger partial charge in [0.25, 0.3) is 5.56 Å². The number of anilines is 1. The Hall–Kier alpha value is -3.13. The Bertz CT molecular complexity index is 1260. The van der Waals surface area contributed by atoms with Crippen LogP contribution in [0.4, 0.5) is 5.69 Å². The third-order valence-electron chi connectivity index (χ3n) is 6.21. The lowest BCUT2D eigenvalue weighted by Crippen LogP contribution is -2.36. The lowest BCUT2D eigenvalue weighted by molar-refractivity contribution is -0.132. The summed E-state index contributed by atoms with van der Waals surface area (Å²) in [7, 11) is 0. The Kier molecular flexibility index (Phi) is 7.67. The van der Waals surface area contributed by atoms with Crippen molar-refractivity contribution in [3.63, 3.8) is 0 Å². The Morgan fingerprint density at radius 1 is 1.03 bits per heavy atom. The van der Waals surface area contributed by atoms with E-state index in [0.717, 1.165) is 49.2 Å². The summed E-state index contributed by atoms with van der Waals surface area (Å²) < 4.78 is 1.54. The molecule has 178 valence electrons. The van der Waals surface area contributed by atoms with Gasteiger partial charge in [0.15, 0.2) is 5.16 Å². The summed E-state index contributed by atoms with van der Waals surface area (Å²) in [6, 6.07) is 13.0. The highest BCUT2D eigenvalue weighted by molar-refractivity contribution is 7.99. The number of hydrogen-bond acceptors (Lipinski definition) is 5. The Morgan fingerprint density at radius 3 is 2.56 bits per heavy atom. The van der Waals surface area contributed by atoms with Gasteiger partial charge in [-0.25, -0.2) is 4.98 Å². The molecule has 8 heteroatoms.